The molecule has 3 rings (SSSR count). The number of aliphatic imine (C=N–C) groups is 1. The Bertz CT molecular complexity index is 809. The third-order valence-electron chi connectivity index (χ3n) is 4.80. The first-order valence-electron chi connectivity index (χ1n) is 9.59. The summed E-state index contributed by atoms with van der Waals surface area (Å²) in [6, 6.07) is 11.3. The standard InChI is InChI=1S/C20H25F3N6/c1-24-19(29-12-8-16(14-29)13-15-5-3-2-4-6-15)27-11-10-26-18-25-9-7-17(28-18)20(21,22)23/h2-7,9,16H,8,10-14H2,1H3,(H,24,27)(H,25,26,28). The van der Waals surface area contributed by atoms with E-state index in [1.807, 2.05) is 6.07 Å². The number of nitrogens with one attached hydrogen (secondary N) is 2. The minimum absolute atomic E-state index is 0.0410. The summed E-state index contributed by atoms with van der Waals surface area (Å²) in [5.74, 6) is 1.33. The Morgan fingerprint density at radius 1 is 1.21 bits per heavy atom. The maximum atomic E-state index is 12.7. The molecular formula is C20H25F3N6. The highest BCUT2D eigenvalue weighted by Crippen LogP contribution is 2.27. The van der Waals surface area contributed by atoms with Gasteiger partial charge in [0.2, 0.25) is 5.95 Å². The molecule has 1 saturated heterocycles. The van der Waals surface area contributed by atoms with Crippen LogP contribution in [0.5, 0.6) is 0 Å². The lowest BCUT2D eigenvalue weighted by atomic mass is 9.99. The van der Waals surface area contributed by atoms with Crippen molar-refractivity contribution in [3.05, 3.63) is 53.9 Å². The Morgan fingerprint density at radius 2 is 2.00 bits per heavy atom. The molecule has 2 N–H and O–H groups in total. The molecule has 156 valence electrons. The number of aromatic nitrogens is 2. The lowest BCUT2D eigenvalue weighted by molar-refractivity contribution is -0.141. The monoisotopic (exact) mass is 406 g/mol. The average Bonchev–Trinajstić information content (AvgIpc) is 3.16. The van der Waals surface area contributed by atoms with Crippen LogP contribution in [0.2, 0.25) is 0 Å². The van der Waals surface area contributed by atoms with E-state index >= 15 is 0 Å². The first kappa shape index (κ1) is 20.9. The van der Waals surface area contributed by atoms with Crippen molar-refractivity contribution in [3.63, 3.8) is 0 Å². The Kier molecular flexibility index (Phi) is 6.90. The molecule has 0 aliphatic carbocycles. The number of anilines is 1. The Morgan fingerprint density at radius 3 is 2.72 bits per heavy atom. The van der Waals surface area contributed by atoms with Gasteiger partial charge in [0.15, 0.2) is 5.96 Å². The van der Waals surface area contributed by atoms with Crippen molar-refractivity contribution in [2.75, 3.05) is 38.5 Å². The predicted molar refractivity (Wildman–Crippen MR) is 107 cm³/mol. The third kappa shape index (κ3) is 6.07. The minimum atomic E-state index is -4.48. The molecule has 9 heteroatoms. The van der Waals surface area contributed by atoms with Crippen molar-refractivity contribution in [3.8, 4) is 0 Å². The fourth-order valence-corrected chi connectivity index (χ4v) is 3.42. The van der Waals surface area contributed by atoms with E-state index in [1.165, 1.54) is 5.56 Å². The number of guanidine groups is 1. The summed E-state index contributed by atoms with van der Waals surface area (Å²) in [7, 11) is 1.73. The molecule has 1 aromatic heterocycles. The van der Waals surface area contributed by atoms with E-state index in [4.69, 9.17) is 0 Å². The molecule has 0 bridgehead atoms. The summed E-state index contributed by atoms with van der Waals surface area (Å²) >= 11 is 0. The van der Waals surface area contributed by atoms with E-state index in [2.05, 4.69) is 54.8 Å². The zero-order valence-corrected chi connectivity index (χ0v) is 16.3. The second-order valence-electron chi connectivity index (χ2n) is 6.95. The highest BCUT2D eigenvalue weighted by Gasteiger charge is 2.32. The number of rotatable bonds is 6. The molecule has 1 aliphatic rings. The summed E-state index contributed by atoms with van der Waals surface area (Å²) in [4.78, 5) is 13.9. The Labute approximate surface area is 168 Å². The van der Waals surface area contributed by atoms with Crippen LogP contribution in [0.25, 0.3) is 0 Å². The molecule has 0 amide bonds. The number of alkyl halides is 3. The molecule has 1 atom stereocenters. The fraction of sp³-hybridized carbons (Fsp3) is 0.450. The van der Waals surface area contributed by atoms with Crippen LogP contribution in [0.15, 0.2) is 47.6 Å². The van der Waals surface area contributed by atoms with Gasteiger partial charge in [0, 0.05) is 39.4 Å². The summed E-state index contributed by atoms with van der Waals surface area (Å²) in [6.45, 7) is 2.73. The van der Waals surface area contributed by atoms with Crippen molar-refractivity contribution in [2.24, 2.45) is 10.9 Å². The van der Waals surface area contributed by atoms with Crippen molar-refractivity contribution in [2.45, 2.75) is 19.0 Å². The quantitative estimate of drug-likeness (QED) is 0.439. The highest BCUT2D eigenvalue weighted by atomic mass is 19.4. The van der Waals surface area contributed by atoms with Crippen molar-refractivity contribution in [1.29, 1.82) is 0 Å². The van der Waals surface area contributed by atoms with E-state index in [9.17, 15) is 13.2 Å². The van der Waals surface area contributed by atoms with E-state index < -0.39 is 11.9 Å². The number of nitrogens with zero attached hydrogens (tertiary/aromatic N) is 4. The second-order valence-corrected chi connectivity index (χ2v) is 6.95. The maximum Gasteiger partial charge on any atom is 0.433 e. The van der Waals surface area contributed by atoms with Gasteiger partial charge in [-0.15, -0.1) is 0 Å². The molecule has 0 saturated carbocycles. The number of likely N-dealkylation sites (tertiary alicyclic amines) is 1. The molecule has 1 aliphatic heterocycles. The fourth-order valence-electron chi connectivity index (χ4n) is 3.42. The molecule has 1 unspecified atom stereocenters. The molecule has 0 spiro atoms. The van der Waals surface area contributed by atoms with Crippen molar-refractivity contribution in [1.82, 2.24) is 20.2 Å². The average molecular weight is 406 g/mol. The van der Waals surface area contributed by atoms with E-state index in [0.29, 0.717) is 19.0 Å². The van der Waals surface area contributed by atoms with E-state index in [-0.39, 0.29) is 5.95 Å². The normalized spacial score (nSPS) is 17.4. The zero-order chi connectivity index (χ0) is 20.7. The molecule has 0 radical (unpaired) electrons. The van der Waals surface area contributed by atoms with Crippen molar-refractivity contribution < 1.29 is 13.2 Å². The summed E-state index contributed by atoms with van der Waals surface area (Å²) in [5.41, 5.74) is 0.382. The highest BCUT2D eigenvalue weighted by molar-refractivity contribution is 5.80. The van der Waals surface area contributed by atoms with Crippen LogP contribution in [0, 0.1) is 5.92 Å². The van der Waals surface area contributed by atoms with Crippen LogP contribution >= 0.6 is 0 Å². The third-order valence-corrected chi connectivity index (χ3v) is 4.80. The maximum absolute atomic E-state index is 12.7. The van der Waals surface area contributed by atoms with E-state index in [1.54, 1.807) is 7.05 Å². The Balaban J connectivity index is 1.43. The smallest absolute Gasteiger partial charge is 0.354 e. The lowest BCUT2D eigenvalue weighted by Gasteiger charge is -2.22. The first-order chi connectivity index (χ1) is 14.0. The molecule has 6 nitrogen and oxygen atoms in total. The molecular weight excluding hydrogens is 381 g/mol. The number of halogens is 3. The van der Waals surface area contributed by atoms with Gasteiger partial charge in [0.25, 0.3) is 0 Å². The second kappa shape index (κ2) is 9.58. The van der Waals surface area contributed by atoms with Crippen LogP contribution in [0.1, 0.15) is 17.7 Å². The van der Waals surface area contributed by atoms with Crippen LogP contribution in [0.3, 0.4) is 0 Å². The van der Waals surface area contributed by atoms with Gasteiger partial charge in [0.05, 0.1) is 0 Å². The van der Waals surface area contributed by atoms with E-state index in [0.717, 1.165) is 44.2 Å². The number of benzene rings is 1. The summed E-state index contributed by atoms with van der Waals surface area (Å²) in [5, 5.41) is 6.06. The van der Waals surface area contributed by atoms with Gasteiger partial charge < -0.3 is 15.5 Å². The van der Waals surface area contributed by atoms with Gasteiger partial charge >= 0.3 is 6.18 Å². The van der Waals surface area contributed by atoms with Gasteiger partial charge in [0.1, 0.15) is 5.69 Å². The molecule has 2 aromatic rings. The summed E-state index contributed by atoms with van der Waals surface area (Å²) in [6.07, 6.45) is -1.23. The largest absolute Gasteiger partial charge is 0.433 e. The van der Waals surface area contributed by atoms with Crippen LogP contribution in [-0.2, 0) is 12.6 Å². The van der Waals surface area contributed by atoms with Crippen LogP contribution < -0.4 is 10.6 Å². The first-order valence-corrected chi connectivity index (χ1v) is 9.59. The van der Waals surface area contributed by atoms with Crippen LogP contribution in [-0.4, -0.2) is 54.1 Å². The molecule has 29 heavy (non-hydrogen) atoms. The summed E-state index contributed by atoms with van der Waals surface area (Å²) < 4.78 is 38.1. The molecule has 1 aromatic carbocycles. The minimum Gasteiger partial charge on any atom is -0.354 e. The number of hydrogen-bond acceptors (Lipinski definition) is 4. The van der Waals surface area contributed by atoms with Gasteiger partial charge in [-0.2, -0.15) is 13.2 Å². The Hall–Kier alpha value is -2.84. The lowest BCUT2D eigenvalue weighted by Crippen LogP contribution is -2.42. The molecule has 2 heterocycles. The van der Waals surface area contributed by atoms with Crippen LogP contribution in [0.4, 0.5) is 19.1 Å². The number of hydrogen-bond donors (Lipinski definition) is 2. The predicted octanol–water partition coefficient (Wildman–Crippen LogP) is 3.05. The van der Waals surface area contributed by atoms with Gasteiger partial charge in [-0.1, -0.05) is 30.3 Å². The molecule has 1 fully saturated rings. The SMILES string of the molecule is CN=C(NCCNc1nccc(C(F)(F)F)n1)N1CCC(Cc2ccccc2)C1. The van der Waals surface area contributed by atoms with Gasteiger partial charge in [-0.05, 0) is 30.4 Å². The zero-order valence-electron chi connectivity index (χ0n) is 16.3. The van der Waals surface area contributed by atoms with Gasteiger partial charge in [-0.25, -0.2) is 9.97 Å². The van der Waals surface area contributed by atoms with Gasteiger partial charge in [-0.3, -0.25) is 4.99 Å². The topological polar surface area (TPSA) is 65.4 Å². The van der Waals surface area contributed by atoms with Crippen molar-refractivity contribution >= 4 is 11.9 Å².